The van der Waals surface area contributed by atoms with Crippen molar-refractivity contribution in [1.29, 1.82) is 0 Å². The first-order valence-electron chi connectivity index (χ1n) is 9.09. The van der Waals surface area contributed by atoms with Crippen molar-refractivity contribution in [2.45, 2.75) is 6.54 Å². The molecular weight excluding hydrogens is 368 g/mol. The Morgan fingerprint density at radius 2 is 1.76 bits per heavy atom. The highest BCUT2D eigenvalue weighted by molar-refractivity contribution is 6.00. The van der Waals surface area contributed by atoms with Crippen LogP contribution < -0.4 is 14.8 Å². The number of nitrogens with zero attached hydrogens (tertiary/aromatic N) is 3. The summed E-state index contributed by atoms with van der Waals surface area (Å²) >= 11 is 0. The van der Waals surface area contributed by atoms with Gasteiger partial charge in [0.2, 0.25) is 0 Å². The normalized spacial score (nSPS) is 10.7. The van der Waals surface area contributed by atoms with E-state index < -0.39 is 0 Å². The lowest BCUT2D eigenvalue weighted by atomic mass is 10.2. The van der Waals surface area contributed by atoms with Gasteiger partial charge in [-0.25, -0.2) is 0 Å². The number of fused-ring (bicyclic) bond motifs is 1. The molecule has 0 spiro atoms. The van der Waals surface area contributed by atoms with Gasteiger partial charge in [-0.15, -0.1) is 10.2 Å². The SMILES string of the molecule is COc1ccc(-c2nnc3c(C(=O)NCc4ccccc4OC)cccn23)cc1. The fourth-order valence-corrected chi connectivity index (χ4v) is 3.15. The number of carbonyl (C=O) groups excluding carboxylic acids is 1. The minimum atomic E-state index is -0.227. The van der Waals surface area contributed by atoms with E-state index >= 15 is 0 Å². The molecule has 0 saturated heterocycles. The summed E-state index contributed by atoms with van der Waals surface area (Å²) in [5, 5.41) is 11.5. The van der Waals surface area contributed by atoms with Crippen LogP contribution in [0.5, 0.6) is 11.5 Å². The maximum Gasteiger partial charge on any atom is 0.255 e. The molecule has 0 bridgehead atoms. The van der Waals surface area contributed by atoms with Crippen LogP contribution in [0.3, 0.4) is 0 Å². The van der Waals surface area contributed by atoms with Gasteiger partial charge in [0.15, 0.2) is 11.5 Å². The number of aromatic nitrogens is 3. The maximum atomic E-state index is 12.8. The van der Waals surface area contributed by atoms with Crippen molar-refractivity contribution in [2.24, 2.45) is 0 Å². The van der Waals surface area contributed by atoms with Crippen LogP contribution in [0.4, 0.5) is 0 Å². The fraction of sp³-hybridized carbons (Fsp3) is 0.136. The van der Waals surface area contributed by atoms with Crippen molar-refractivity contribution < 1.29 is 14.3 Å². The molecule has 0 aliphatic heterocycles. The number of methoxy groups -OCH3 is 2. The van der Waals surface area contributed by atoms with Gasteiger partial charge in [0, 0.05) is 23.9 Å². The van der Waals surface area contributed by atoms with E-state index in [-0.39, 0.29) is 5.91 Å². The molecule has 0 fully saturated rings. The molecule has 2 aromatic heterocycles. The van der Waals surface area contributed by atoms with Gasteiger partial charge in [0.05, 0.1) is 19.8 Å². The quantitative estimate of drug-likeness (QED) is 0.548. The lowest BCUT2D eigenvalue weighted by molar-refractivity contribution is 0.0952. The molecule has 0 aliphatic carbocycles. The average molecular weight is 388 g/mol. The van der Waals surface area contributed by atoms with E-state index in [0.29, 0.717) is 23.6 Å². The molecule has 4 aromatic rings. The smallest absolute Gasteiger partial charge is 0.255 e. The first-order valence-corrected chi connectivity index (χ1v) is 9.09. The second-order valence-corrected chi connectivity index (χ2v) is 6.36. The fourth-order valence-electron chi connectivity index (χ4n) is 3.15. The number of nitrogens with one attached hydrogen (secondary N) is 1. The molecule has 2 aromatic carbocycles. The van der Waals surface area contributed by atoms with Gasteiger partial charge in [-0.05, 0) is 42.5 Å². The van der Waals surface area contributed by atoms with E-state index in [9.17, 15) is 4.79 Å². The summed E-state index contributed by atoms with van der Waals surface area (Å²) in [5.41, 5.74) is 2.73. The second kappa shape index (κ2) is 8.02. The Morgan fingerprint density at radius 1 is 0.966 bits per heavy atom. The molecule has 0 atom stereocenters. The summed E-state index contributed by atoms with van der Waals surface area (Å²) < 4.78 is 12.3. The Bertz CT molecular complexity index is 1150. The number of carbonyl (C=O) groups is 1. The van der Waals surface area contributed by atoms with E-state index in [1.807, 2.05) is 54.7 Å². The first-order chi connectivity index (χ1) is 14.2. The summed E-state index contributed by atoms with van der Waals surface area (Å²) in [4.78, 5) is 12.8. The lowest BCUT2D eigenvalue weighted by Gasteiger charge is -2.10. The topological polar surface area (TPSA) is 77.8 Å². The molecule has 0 aliphatic rings. The number of hydrogen-bond donors (Lipinski definition) is 1. The van der Waals surface area contributed by atoms with Gasteiger partial charge in [0.1, 0.15) is 11.5 Å². The predicted molar refractivity (Wildman–Crippen MR) is 109 cm³/mol. The molecule has 1 N–H and O–H groups in total. The largest absolute Gasteiger partial charge is 0.497 e. The first kappa shape index (κ1) is 18.5. The van der Waals surface area contributed by atoms with E-state index in [4.69, 9.17) is 9.47 Å². The number of ether oxygens (including phenoxy) is 2. The van der Waals surface area contributed by atoms with Crippen molar-refractivity contribution in [2.75, 3.05) is 14.2 Å². The van der Waals surface area contributed by atoms with Crippen molar-refractivity contribution in [3.63, 3.8) is 0 Å². The summed E-state index contributed by atoms with van der Waals surface area (Å²) in [7, 11) is 3.23. The standard InChI is InChI=1S/C22H20N4O3/c1-28-17-11-9-15(10-12-17)20-24-25-21-18(7-5-13-26(20)21)22(27)23-14-16-6-3-4-8-19(16)29-2/h3-13H,14H2,1-2H3,(H,23,27). The average Bonchev–Trinajstić information content (AvgIpc) is 3.22. The molecular formula is C22H20N4O3. The minimum absolute atomic E-state index is 0.227. The van der Waals surface area contributed by atoms with Crippen molar-refractivity contribution in [3.8, 4) is 22.9 Å². The monoisotopic (exact) mass is 388 g/mol. The van der Waals surface area contributed by atoms with Gasteiger partial charge >= 0.3 is 0 Å². The van der Waals surface area contributed by atoms with Gasteiger partial charge in [0.25, 0.3) is 5.91 Å². The zero-order valence-corrected chi connectivity index (χ0v) is 16.1. The van der Waals surface area contributed by atoms with E-state index in [1.54, 1.807) is 30.8 Å². The van der Waals surface area contributed by atoms with Crippen molar-refractivity contribution in [1.82, 2.24) is 19.9 Å². The number of pyridine rings is 1. The molecule has 7 nitrogen and oxygen atoms in total. The molecule has 7 heteroatoms. The van der Waals surface area contributed by atoms with E-state index in [2.05, 4.69) is 15.5 Å². The van der Waals surface area contributed by atoms with E-state index in [1.165, 1.54) is 0 Å². The van der Waals surface area contributed by atoms with Gasteiger partial charge < -0.3 is 14.8 Å². The molecule has 0 saturated carbocycles. The summed E-state index contributed by atoms with van der Waals surface area (Å²) in [6.45, 7) is 0.351. The van der Waals surface area contributed by atoms with E-state index in [0.717, 1.165) is 22.6 Å². The summed E-state index contributed by atoms with van der Waals surface area (Å²) in [5.74, 6) is 1.92. The Hall–Kier alpha value is -3.87. The number of benzene rings is 2. The molecule has 4 rings (SSSR count). The third kappa shape index (κ3) is 3.62. The highest BCUT2D eigenvalue weighted by Gasteiger charge is 2.16. The molecule has 146 valence electrons. The molecule has 2 heterocycles. The number of rotatable bonds is 6. The summed E-state index contributed by atoms with van der Waals surface area (Å²) in [6, 6.07) is 18.7. The van der Waals surface area contributed by atoms with Crippen LogP contribution in [0.15, 0.2) is 66.9 Å². The third-order valence-electron chi connectivity index (χ3n) is 4.66. The lowest BCUT2D eigenvalue weighted by Crippen LogP contribution is -2.23. The van der Waals surface area contributed by atoms with Crippen LogP contribution in [0.25, 0.3) is 17.0 Å². The van der Waals surface area contributed by atoms with Crippen molar-refractivity contribution in [3.05, 3.63) is 78.0 Å². The zero-order valence-electron chi connectivity index (χ0n) is 16.1. The van der Waals surface area contributed by atoms with Crippen LogP contribution in [0, 0.1) is 0 Å². The highest BCUT2D eigenvalue weighted by atomic mass is 16.5. The minimum Gasteiger partial charge on any atom is -0.497 e. The highest BCUT2D eigenvalue weighted by Crippen LogP contribution is 2.23. The van der Waals surface area contributed by atoms with Crippen LogP contribution >= 0.6 is 0 Å². The van der Waals surface area contributed by atoms with Crippen LogP contribution in [0.1, 0.15) is 15.9 Å². The Morgan fingerprint density at radius 3 is 2.52 bits per heavy atom. The van der Waals surface area contributed by atoms with Crippen molar-refractivity contribution >= 4 is 11.6 Å². The number of amides is 1. The molecule has 29 heavy (non-hydrogen) atoms. The number of hydrogen-bond acceptors (Lipinski definition) is 5. The number of para-hydroxylation sites is 1. The Kier molecular flexibility index (Phi) is 5.11. The molecule has 1 amide bonds. The third-order valence-corrected chi connectivity index (χ3v) is 4.66. The zero-order chi connectivity index (χ0) is 20.2. The van der Waals surface area contributed by atoms with Crippen LogP contribution in [-0.2, 0) is 6.54 Å². The Balaban J connectivity index is 1.61. The van der Waals surface area contributed by atoms with Gasteiger partial charge in [-0.3, -0.25) is 9.20 Å². The van der Waals surface area contributed by atoms with Gasteiger partial charge in [-0.1, -0.05) is 18.2 Å². The van der Waals surface area contributed by atoms with Gasteiger partial charge in [-0.2, -0.15) is 0 Å². The Labute approximate surface area is 167 Å². The predicted octanol–water partition coefficient (Wildman–Crippen LogP) is 3.34. The van der Waals surface area contributed by atoms with Crippen LogP contribution in [-0.4, -0.2) is 34.7 Å². The molecule has 0 unspecified atom stereocenters. The van der Waals surface area contributed by atoms with Crippen LogP contribution in [0.2, 0.25) is 0 Å². The molecule has 0 radical (unpaired) electrons. The summed E-state index contributed by atoms with van der Waals surface area (Å²) in [6.07, 6.45) is 1.84. The maximum absolute atomic E-state index is 12.8. The second-order valence-electron chi connectivity index (χ2n) is 6.36.